The molecule has 0 spiro atoms. The molecule has 0 aliphatic heterocycles. The SMILES string of the molecule is Cc1csc2nc(-c3cc(C(C)(C)C)c4ccccc4c3)cc(-c3ccc4cc(CC(C)C)oc4c3)c12. The largest absolute Gasteiger partial charge is 0.461 e. The van der Waals surface area contributed by atoms with Gasteiger partial charge in [-0.25, -0.2) is 4.98 Å². The zero-order chi connectivity index (χ0) is 25.9. The summed E-state index contributed by atoms with van der Waals surface area (Å²) in [7, 11) is 0. The Morgan fingerprint density at radius 3 is 2.49 bits per heavy atom. The van der Waals surface area contributed by atoms with Crippen molar-refractivity contribution < 1.29 is 4.42 Å². The standard InChI is InChI=1S/C34H33NOS/c1-20(2)13-26-15-24-12-11-23(17-31(24)36-26)28-18-30(35-33-32(28)21(3)19-37-33)25-14-22-9-7-8-10-27(22)29(16-25)34(4,5)6/h7-12,14-20H,13H2,1-6H3. The molecule has 0 unspecified atom stereocenters. The first-order valence-electron chi connectivity index (χ1n) is 13.1. The van der Waals surface area contributed by atoms with Crippen LogP contribution in [0.1, 0.15) is 51.5 Å². The Hall–Kier alpha value is -3.43. The van der Waals surface area contributed by atoms with E-state index >= 15 is 0 Å². The van der Waals surface area contributed by atoms with Crippen LogP contribution in [0, 0.1) is 12.8 Å². The number of fused-ring (bicyclic) bond motifs is 3. The minimum atomic E-state index is 0.0279. The topological polar surface area (TPSA) is 26.0 Å². The Balaban J connectivity index is 1.56. The summed E-state index contributed by atoms with van der Waals surface area (Å²) in [5, 5.41) is 7.19. The normalized spacial score (nSPS) is 12.4. The third-order valence-corrected chi connectivity index (χ3v) is 8.18. The van der Waals surface area contributed by atoms with Crippen LogP contribution >= 0.6 is 11.3 Å². The van der Waals surface area contributed by atoms with Gasteiger partial charge in [0.1, 0.15) is 16.2 Å². The molecular formula is C34H33NOS. The maximum atomic E-state index is 6.27. The Bertz CT molecular complexity index is 1780. The van der Waals surface area contributed by atoms with Crippen molar-refractivity contribution in [1.29, 1.82) is 0 Å². The smallest absolute Gasteiger partial charge is 0.134 e. The number of aryl methyl sites for hydroxylation is 1. The van der Waals surface area contributed by atoms with Gasteiger partial charge in [0.25, 0.3) is 0 Å². The van der Waals surface area contributed by atoms with E-state index < -0.39 is 0 Å². The summed E-state index contributed by atoms with van der Waals surface area (Å²) in [4.78, 5) is 6.26. The van der Waals surface area contributed by atoms with E-state index in [1.807, 2.05) is 0 Å². The van der Waals surface area contributed by atoms with Gasteiger partial charge in [-0.2, -0.15) is 0 Å². The van der Waals surface area contributed by atoms with Gasteiger partial charge in [0, 0.05) is 22.8 Å². The second kappa shape index (κ2) is 8.85. The number of hydrogen-bond donors (Lipinski definition) is 0. The van der Waals surface area contributed by atoms with Crippen LogP contribution in [0.3, 0.4) is 0 Å². The summed E-state index contributed by atoms with van der Waals surface area (Å²) in [5.41, 5.74) is 8.16. The van der Waals surface area contributed by atoms with Crippen molar-refractivity contribution in [2.75, 3.05) is 0 Å². The summed E-state index contributed by atoms with van der Waals surface area (Å²) in [6.07, 6.45) is 0.954. The van der Waals surface area contributed by atoms with Crippen molar-refractivity contribution >= 4 is 43.3 Å². The predicted molar refractivity (Wildman–Crippen MR) is 160 cm³/mol. The van der Waals surface area contributed by atoms with Crippen LogP contribution in [0.4, 0.5) is 0 Å². The molecule has 6 aromatic rings. The summed E-state index contributed by atoms with van der Waals surface area (Å²) in [6, 6.07) is 24.4. The van der Waals surface area contributed by atoms with Crippen LogP contribution in [0.25, 0.3) is 54.3 Å². The van der Waals surface area contributed by atoms with Gasteiger partial charge in [-0.15, -0.1) is 11.3 Å². The van der Waals surface area contributed by atoms with E-state index in [-0.39, 0.29) is 5.41 Å². The van der Waals surface area contributed by atoms with E-state index in [4.69, 9.17) is 9.40 Å². The first-order valence-corrected chi connectivity index (χ1v) is 14.0. The van der Waals surface area contributed by atoms with Gasteiger partial charge in [-0.3, -0.25) is 0 Å². The fourth-order valence-corrected chi connectivity index (χ4v) is 6.35. The van der Waals surface area contributed by atoms with Gasteiger partial charge < -0.3 is 4.42 Å². The maximum Gasteiger partial charge on any atom is 0.134 e. The lowest BCUT2D eigenvalue weighted by molar-refractivity contribution is 0.500. The fourth-order valence-electron chi connectivity index (χ4n) is 5.40. The Morgan fingerprint density at radius 1 is 0.892 bits per heavy atom. The quantitative estimate of drug-likeness (QED) is 0.239. The van der Waals surface area contributed by atoms with Crippen molar-refractivity contribution in [1.82, 2.24) is 4.98 Å². The van der Waals surface area contributed by atoms with E-state index in [2.05, 4.69) is 114 Å². The highest BCUT2D eigenvalue weighted by molar-refractivity contribution is 7.17. The molecule has 186 valence electrons. The highest BCUT2D eigenvalue weighted by Gasteiger charge is 2.20. The average Bonchev–Trinajstić information content (AvgIpc) is 3.43. The van der Waals surface area contributed by atoms with Crippen LogP contribution in [0.15, 0.2) is 76.5 Å². The molecule has 0 amide bonds. The van der Waals surface area contributed by atoms with Crippen LogP contribution in [-0.2, 0) is 11.8 Å². The van der Waals surface area contributed by atoms with Gasteiger partial charge >= 0.3 is 0 Å². The predicted octanol–water partition coefficient (Wildman–Crippen LogP) is 10.3. The highest BCUT2D eigenvalue weighted by atomic mass is 32.1. The second-order valence-corrected chi connectivity index (χ2v) is 12.6. The molecule has 0 radical (unpaired) electrons. The van der Waals surface area contributed by atoms with Gasteiger partial charge in [-0.1, -0.05) is 71.0 Å². The van der Waals surface area contributed by atoms with Crippen LogP contribution in [-0.4, -0.2) is 4.98 Å². The molecule has 37 heavy (non-hydrogen) atoms. The van der Waals surface area contributed by atoms with Crippen molar-refractivity contribution in [2.45, 2.75) is 53.4 Å². The number of rotatable bonds is 4. The molecule has 0 aliphatic carbocycles. The molecule has 3 aromatic carbocycles. The lowest BCUT2D eigenvalue weighted by atomic mass is 9.82. The van der Waals surface area contributed by atoms with Gasteiger partial charge in [0.05, 0.1) is 5.69 Å². The van der Waals surface area contributed by atoms with Gasteiger partial charge in [0.15, 0.2) is 0 Å². The average molecular weight is 504 g/mol. The number of thiophene rings is 1. The van der Waals surface area contributed by atoms with Crippen LogP contribution in [0.2, 0.25) is 0 Å². The number of furan rings is 1. The van der Waals surface area contributed by atoms with Crippen LogP contribution < -0.4 is 0 Å². The molecule has 0 saturated carbocycles. The molecule has 0 aliphatic rings. The lowest BCUT2D eigenvalue weighted by Crippen LogP contribution is -2.12. The zero-order valence-corrected chi connectivity index (χ0v) is 23.3. The minimum absolute atomic E-state index is 0.0279. The molecule has 0 saturated heterocycles. The second-order valence-electron chi connectivity index (χ2n) is 11.7. The number of aromatic nitrogens is 1. The highest BCUT2D eigenvalue weighted by Crippen LogP contribution is 2.40. The molecule has 3 heteroatoms. The summed E-state index contributed by atoms with van der Waals surface area (Å²) < 4.78 is 6.27. The molecule has 0 bridgehead atoms. The summed E-state index contributed by atoms with van der Waals surface area (Å²) in [6.45, 7) is 13.5. The van der Waals surface area contributed by atoms with E-state index in [9.17, 15) is 0 Å². The van der Waals surface area contributed by atoms with Crippen molar-refractivity contribution in [3.8, 4) is 22.4 Å². The Labute approximate surface area is 223 Å². The first-order chi connectivity index (χ1) is 17.7. The van der Waals surface area contributed by atoms with E-state index in [0.717, 1.165) is 39.2 Å². The summed E-state index contributed by atoms with van der Waals surface area (Å²) in [5.74, 6) is 1.62. The number of pyridine rings is 1. The first kappa shape index (κ1) is 23.9. The fraction of sp³-hybridized carbons (Fsp3) is 0.265. The molecule has 3 heterocycles. The Morgan fingerprint density at radius 2 is 1.70 bits per heavy atom. The molecule has 3 aromatic heterocycles. The molecule has 0 atom stereocenters. The maximum absolute atomic E-state index is 6.27. The third kappa shape index (κ3) is 4.36. The molecule has 6 rings (SSSR count). The lowest BCUT2D eigenvalue weighted by Gasteiger charge is -2.23. The van der Waals surface area contributed by atoms with Crippen molar-refractivity contribution in [3.63, 3.8) is 0 Å². The summed E-state index contributed by atoms with van der Waals surface area (Å²) >= 11 is 1.72. The van der Waals surface area contributed by atoms with E-state index in [0.29, 0.717) is 5.92 Å². The molecule has 2 nitrogen and oxygen atoms in total. The van der Waals surface area contributed by atoms with Crippen LogP contribution in [0.5, 0.6) is 0 Å². The number of nitrogens with zero attached hydrogens (tertiary/aromatic N) is 1. The third-order valence-electron chi connectivity index (χ3n) is 7.19. The van der Waals surface area contributed by atoms with Gasteiger partial charge in [0.2, 0.25) is 0 Å². The van der Waals surface area contributed by atoms with Crippen molar-refractivity contribution in [3.05, 3.63) is 89.0 Å². The number of benzene rings is 3. The zero-order valence-electron chi connectivity index (χ0n) is 22.5. The number of hydrogen-bond acceptors (Lipinski definition) is 3. The molecule has 0 fully saturated rings. The molecule has 0 N–H and O–H groups in total. The van der Waals surface area contributed by atoms with E-state index in [1.165, 1.54) is 38.4 Å². The monoisotopic (exact) mass is 503 g/mol. The Kier molecular flexibility index (Phi) is 5.72. The minimum Gasteiger partial charge on any atom is -0.461 e. The van der Waals surface area contributed by atoms with Crippen molar-refractivity contribution in [2.24, 2.45) is 5.92 Å². The van der Waals surface area contributed by atoms with Gasteiger partial charge in [-0.05, 0) is 87.0 Å². The van der Waals surface area contributed by atoms with E-state index in [1.54, 1.807) is 11.3 Å². The molecular weight excluding hydrogens is 470 g/mol.